The van der Waals surface area contributed by atoms with Crippen LogP contribution in [0.1, 0.15) is 11.1 Å². The van der Waals surface area contributed by atoms with Gasteiger partial charge < -0.3 is 10.3 Å². The predicted octanol–water partition coefficient (Wildman–Crippen LogP) is 3.88. The second-order valence-corrected chi connectivity index (χ2v) is 5.59. The number of aryl methyl sites for hydroxylation is 1. The molecule has 0 aliphatic carbocycles. The van der Waals surface area contributed by atoms with Gasteiger partial charge in [0.1, 0.15) is 5.82 Å². The summed E-state index contributed by atoms with van der Waals surface area (Å²) in [6, 6.07) is 11.1. The molecular formula is C15H13BrFN3. The number of hydrogen-bond donors (Lipinski definition) is 1. The molecule has 3 nitrogen and oxygen atoms in total. The molecule has 0 saturated carbocycles. The van der Waals surface area contributed by atoms with Gasteiger partial charge in [-0.2, -0.15) is 0 Å². The Morgan fingerprint density at radius 2 is 2.05 bits per heavy atom. The number of hydrogen-bond acceptors (Lipinski definition) is 2. The second kappa shape index (κ2) is 4.90. The van der Waals surface area contributed by atoms with Crippen LogP contribution in [0, 0.1) is 12.7 Å². The van der Waals surface area contributed by atoms with Gasteiger partial charge >= 0.3 is 0 Å². The van der Waals surface area contributed by atoms with Crippen LogP contribution in [0.2, 0.25) is 0 Å². The normalized spacial score (nSPS) is 11.2. The van der Waals surface area contributed by atoms with Crippen molar-refractivity contribution >= 4 is 32.9 Å². The quantitative estimate of drug-likeness (QED) is 0.773. The molecule has 2 N–H and O–H groups in total. The van der Waals surface area contributed by atoms with E-state index in [9.17, 15) is 4.39 Å². The molecule has 0 aliphatic rings. The predicted molar refractivity (Wildman–Crippen MR) is 82.1 cm³/mol. The van der Waals surface area contributed by atoms with E-state index < -0.39 is 0 Å². The van der Waals surface area contributed by atoms with Gasteiger partial charge in [0.05, 0.1) is 17.6 Å². The molecule has 0 radical (unpaired) electrons. The van der Waals surface area contributed by atoms with Gasteiger partial charge in [-0.05, 0) is 30.2 Å². The molecule has 0 unspecified atom stereocenters. The lowest BCUT2D eigenvalue weighted by Gasteiger charge is -2.09. The highest BCUT2D eigenvalue weighted by molar-refractivity contribution is 9.10. The molecule has 0 atom stereocenters. The van der Waals surface area contributed by atoms with Gasteiger partial charge in [-0.15, -0.1) is 0 Å². The number of fused-ring (bicyclic) bond motifs is 1. The first-order valence-corrected chi connectivity index (χ1v) is 7.01. The van der Waals surface area contributed by atoms with Crippen molar-refractivity contribution in [3.8, 4) is 0 Å². The van der Waals surface area contributed by atoms with Crippen molar-refractivity contribution in [2.75, 3.05) is 5.73 Å². The van der Waals surface area contributed by atoms with Crippen molar-refractivity contribution in [1.29, 1.82) is 0 Å². The van der Waals surface area contributed by atoms with Crippen LogP contribution in [-0.2, 0) is 6.54 Å². The highest BCUT2D eigenvalue weighted by atomic mass is 79.9. The van der Waals surface area contributed by atoms with Crippen molar-refractivity contribution in [3.63, 3.8) is 0 Å². The number of nitrogens with two attached hydrogens (primary N) is 1. The van der Waals surface area contributed by atoms with Crippen LogP contribution in [0.5, 0.6) is 0 Å². The first kappa shape index (κ1) is 13.1. The van der Waals surface area contributed by atoms with Crippen molar-refractivity contribution in [2.24, 2.45) is 0 Å². The molecule has 5 heteroatoms. The summed E-state index contributed by atoms with van der Waals surface area (Å²) >= 11 is 3.52. The van der Waals surface area contributed by atoms with Crippen LogP contribution in [0.3, 0.4) is 0 Å². The molecule has 102 valence electrons. The Morgan fingerprint density at radius 3 is 2.80 bits per heavy atom. The Kier molecular flexibility index (Phi) is 3.22. The fourth-order valence-electron chi connectivity index (χ4n) is 2.23. The Bertz CT molecular complexity index is 795. The van der Waals surface area contributed by atoms with E-state index in [-0.39, 0.29) is 5.82 Å². The van der Waals surface area contributed by atoms with Crippen molar-refractivity contribution < 1.29 is 4.39 Å². The minimum absolute atomic E-state index is 0.261. The Balaban J connectivity index is 2.14. The topological polar surface area (TPSA) is 43.8 Å². The number of rotatable bonds is 2. The zero-order valence-electron chi connectivity index (χ0n) is 10.9. The molecule has 0 aliphatic heterocycles. The third-order valence-electron chi connectivity index (χ3n) is 3.34. The molecule has 0 bridgehead atoms. The SMILES string of the molecule is Cc1cc2c(cc1F)nc(N)n2Cc1ccccc1Br. The number of benzene rings is 2. The Labute approximate surface area is 124 Å². The number of aromatic nitrogens is 2. The lowest BCUT2D eigenvalue weighted by molar-refractivity contribution is 0.620. The number of imidazole rings is 1. The van der Waals surface area contributed by atoms with E-state index in [1.807, 2.05) is 28.8 Å². The molecule has 20 heavy (non-hydrogen) atoms. The Hall–Kier alpha value is -1.88. The zero-order chi connectivity index (χ0) is 14.3. The first-order chi connectivity index (χ1) is 9.56. The number of anilines is 1. The molecule has 2 aromatic carbocycles. The number of nitrogens with zero attached hydrogens (tertiary/aromatic N) is 2. The Morgan fingerprint density at radius 1 is 1.30 bits per heavy atom. The van der Waals surface area contributed by atoms with Gasteiger partial charge in [0.25, 0.3) is 0 Å². The molecular weight excluding hydrogens is 321 g/mol. The van der Waals surface area contributed by atoms with Crippen LogP contribution in [0.25, 0.3) is 11.0 Å². The minimum Gasteiger partial charge on any atom is -0.369 e. The maximum absolute atomic E-state index is 13.6. The molecule has 1 aromatic heterocycles. The number of nitrogen functional groups attached to an aromatic ring is 1. The largest absolute Gasteiger partial charge is 0.369 e. The van der Waals surface area contributed by atoms with Crippen LogP contribution in [-0.4, -0.2) is 9.55 Å². The zero-order valence-corrected chi connectivity index (χ0v) is 12.5. The van der Waals surface area contributed by atoms with E-state index in [0.29, 0.717) is 23.6 Å². The smallest absolute Gasteiger partial charge is 0.201 e. The summed E-state index contributed by atoms with van der Waals surface area (Å²) in [7, 11) is 0. The van der Waals surface area contributed by atoms with Crippen LogP contribution >= 0.6 is 15.9 Å². The van der Waals surface area contributed by atoms with E-state index in [1.165, 1.54) is 6.07 Å². The molecule has 3 rings (SSSR count). The number of halogens is 2. The second-order valence-electron chi connectivity index (χ2n) is 4.74. The first-order valence-electron chi connectivity index (χ1n) is 6.21. The molecule has 0 amide bonds. The molecule has 0 spiro atoms. The summed E-state index contributed by atoms with van der Waals surface area (Å²) in [6.45, 7) is 2.33. The fraction of sp³-hybridized carbons (Fsp3) is 0.133. The van der Waals surface area contributed by atoms with Gasteiger partial charge in [-0.25, -0.2) is 9.37 Å². The minimum atomic E-state index is -0.261. The van der Waals surface area contributed by atoms with E-state index in [2.05, 4.69) is 20.9 Å². The highest BCUT2D eigenvalue weighted by Gasteiger charge is 2.12. The van der Waals surface area contributed by atoms with E-state index in [0.717, 1.165) is 15.6 Å². The van der Waals surface area contributed by atoms with Crippen molar-refractivity contribution in [1.82, 2.24) is 9.55 Å². The summed E-state index contributed by atoms with van der Waals surface area (Å²) < 4.78 is 16.5. The van der Waals surface area contributed by atoms with Gasteiger partial charge in [0, 0.05) is 10.5 Å². The van der Waals surface area contributed by atoms with Crippen LogP contribution < -0.4 is 5.73 Å². The van der Waals surface area contributed by atoms with Gasteiger partial charge in [-0.1, -0.05) is 34.1 Å². The van der Waals surface area contributed by atoms with Crippen LogP contribution in [0.4, 0.5) is 10.3 Å². The fourth-order valence-corrected chi connectivity index (χ4v) is 2.64. The molecule has 3 aromatic rings. The average molecular weight is 334 g/mol. The molecule has 1 heterocycles. The van der Waals surface area contributed by atoms with E-state index in [1.54, 1.807) is 13.0 Å². The van der Waals surface area contributed by atoms with Crippen LogP contribution in [0.15, 0.2) is 40.9 Å². The summed E-state index contributed by atoms with van der Waals surface area (Å²) in [4.78, 5) is 4.23. The molecule has 0 saturated heterocycles. The summed E-state index contributed by atoms with van der Waals surface area (Å²) in [5.74, 6) is 0.129. The summed E-state index contributed by atoms with van der Waals surface area (Å²) in [6.07, 6.45) is 0. The standard InChI is InChI=1S/C15H13BrFN3/c1-9-6-14-13(7-12(9)17)19-15(18)20(14)8-10-4-2-3-5-11(10)16/h2-7H,8H2,1H3,(H2,18,19). The maximum Gasteiger partial charge on any atom is 0.201 e. The average Bonchev–Trinajstić information content (AvgIpc) is 2.69. The third kappa shape index (κ3) is 2.18. The van der Waals surface area contributed by atoms with E-state index >= 15 is 0 Å². The summed E-state index contributed by atoms with van der Waals surface area (Å²) in [5, 5.41) is 0. The lowest BCUT2D eigenvalue weighted by Crippen LogP contribution is -2.05. The monoisotopic (exact) mass is 333 g/mol. The summed E-state index contributed by atoms with van der Waals surface area (Å²) in [5.41, 5.74) is 9.08. The van der Waals surface area contributed by atoms with Gasteiger partial charge in [-0.3, -0.25) is 0 Å². The van der Waals surface area contributed by atoms with Gasteiger partial charge in [0.2, 0.25) is 5.95 Å². The van der Waals surface area contributed by atoms with E-state index in [4.69, 9.17) is 5.73 Å². The van der Waals surface area contributed by atoms with Crippen molar-refractivity contribution in [3.05, 3.63) is 57.8 Å². The highest BCUT2D eigenvalue weighted by Crippen LogP contribution is 2.24. The maximum atomic E-state index is 13.6. The molecule has 0 fully saturated rings. The van der Waals surface area contributed by atoms with Crippen molar-refractivity contribution in [2.45, 2.75) is 13.5 Å². The lowest BCUT2D eigenvalue weighted by atomic mass is 10.2. The van der Waals surface area contributed by atoms with Gasteiger partial charge in [0.15, 0.2) is 0 Å². The third-order valence-corrected chi connectivity index (χ3v) is 4.12.